The molecule has 18 heavy (non-hydrogen) atoms. The van der Waals surface area contributed by atoms with Crippen LogP contribution in [0.5, 0.6) is 0 Å². The third-order valence-electron chi connectivity index (χ3n) is 2.28. The molecule has 3 nitrogen and oxygen atoms in total. The van der Waals surface area contributed by atoms with Crippen molar-refractivity contribution in [3.8, 4) is 6.07 Å². The molecule has 0 saturated carbocycles. The summed E-state index contributed by atoms with van der Waals surface area (Å²) < 4.78 is 1.12. The lowest BCUT2D eigenvalue weighted by atomic mass is 10.3. The molecule has 0 atom stereocenters. The van der Waals surface area contributed by atoms with Crippen molar-refractivity contribution < 1.29 is 0 Å². The molecule has 0 N–H and O–H groups in total. The summed E-state index contributed by atoms with van der Waals surface area (Å²) in [5.74, 6) is 1.52. The fourth-order valence-electron chi connectivity index (χ4n) is 1.49. The summed E-state index contributed by atoms with van der Waals surface area (Å²) in [6.07, 6.45) is 0. The van der Waals surface area contributed by atoms with Crippen LogP contribution in [-0.2, 0) is 5.75 Å². The van der Waals surface area contributed by atoms with Crippen LogP contribution in [0.1, 0.15) is 22.6 Å². The van der Waals surface area contributed by atoms with Gasteiger partial charge in [0.2, 0.25) is 0 Å². The van der Waals surface area contributed by atoms with Gasteiger partial charge in [0.15, 0.2) is 0 Å². The highest BCUT2D eigenvalue weighted by atomic mass is 79.9. The molecule has 92 valence electrons. The van der Waals surface area contributed by atoms with Crippen molar-refractivity contribution in [3.63, 3.8) is 0 Å². The molecule has 0 aliphatic carbocycles. The molecule has 0 unspecified atom stereocenters. The van der Waals surface area contributed by atoms with Crippen molar-refractivity contribution in [2.75, 3.05) is 0 Å². The Morgan fingerprint density at radius 3 is 2.83 bits per heavy atom. The monoisotopic (exact) mass is 339 g/mol. The van der Waals surface area contributed by atoms with Gasteiger partial charge in [-0.3, -0.25) is 0 Å². The van der Waals surface area contributed by atoms with E-state index in [9.17, 15) is 0 Å². The molecule has 6 heteroatoms. The first kappa shape index (κ1) is 13.5. The number of nitriles is 1. The molecule has 2 aromatic rings. The highest BCUT2D eigenvalue weighted by Crippen LogP contribution is 2.29. The first-order valence-electron chi connectivity index (χ1n) is 5.21. The van der Waals surface area contributed by atoms with Gasteiger partial charge in [-0.1, -0.05) is 0 Å². The molecule has 2 aromatic heterocycles. The minimum atomic E-state index is 0.583. The number of hydrogen-bond acceptors (Lipinski definition) is 5. The van der Waals surface area contributed by atoms with Crippen LogP contribution in [0.2, 0.25) is 0 Å². The van der Waals surface area contributed by atoms with Gasteiger partial charge in [0.1, 0.15) is 22.5 Å². The van der Waals surface area contributed by atoms with Crippen LogP contribution in [0.3, 0.4) is 0 Å². The summed E-state index contributed by atoms with van der Waals surface area (Å²) in [7, 11) is 0. The van der Waals surface area contributed by atoms with Gasteiger partial charge >= 0.3 is 0 Å². The quantitative estimate of drug-likeness (QED) is 0.624. The summed E-state index contributed by atoms with van der Waals surface area (Å²) in [6.45, 7) is 3.69. The number of aryl methyl sites for hydroxylation is 2. The maximum atomic E-state index is 9.14. The Morgan fingerprint density at radius 1 is 1.44 bits per heavy atom. The van der Waals surface area contributed by atoms with Crippen molar-refractivity contribution in [1.29, 1.82) is 5.26 Å². The van der Waals surface area contributed by atoms with Gasteiger partial charge < -0.3 is 0 Å². The van der Waals surface area contributed by atoms with Crippen LogP contribution >= 0.6 is 39.0 Å². The lowest BCUT2D eigenvalue weighted by Gasteiger charge is -2.05. The second kappa shape index (κ2) is 5.83. The second-order valence-electron chi connectivity index (χ2n) is 3.70. The molecule has 0 saturated heterocycles. The average Bonchev–Trinajstić information content (AvgIpc) is 2.72. The van der Waals surface area contributed by atoms with Crippen LogP contribution in [0.25, 0.3) is 0 Å². The number of aromatic nitrogens is 2. The number of hydrogen-bond donors (Lipinski definition) is 0. The third kappa shape index (κ3) is 3.10. The zero-order chi connectivity index (χ0) is 13.1. The molecule has 0 aliphatic heterocycles. The summed E-state index contributed by atoms with van der Waals surface area (Å²) >= 11 is 6.68. The fourth-order valence-corrected chi connectivity index (χ4v) is 3.81. The van der Waals surface area contributed by atoms with Gasteiger partial charge in [-0.25, -0.2) is 9.97 Å². The SMILES string of the molecule is Cc1nc(C)c(C#N)c(SCc2csc(Br)c2)n1. The topological polar surface area (TPSA) is 49.6 Å². The Bertz CT molecular complexity index is 616. The van der Waals surface area contributed by atoms with Crippen molar-refractivity contribution in [2.24, 2.45) is 0 Å². The van der Waals surface area contributed by atoms with Crippen LogP contribution in [0, 0.1) is 25.2 Å². The second-order valence-corrected chi connectivity index (χ2v) is 6.95. The van der Waals surface area contributed by atoms with Gasteiger partial charge in [0.05, 0.1) is 9.48 Å². The van der Waals surface area contributed by atoms with E-state index in [1.807, 2.05) is 13.8 Å². The maximum Gasteiger partial charge on any atom is 0.126 e. The summed E-state index contributed by atoms with van der Waals surface area (Å²) in [4.78, 5) is 8.56. The van der Waals surface area contributed by atoms with Crippen LogP contribution < -0.4 is 0 Å². The number of nitrogens with zero attached hydrogens (tertiary/aromatic N) is 3. The summed E-state index contributed by atoms with van der Waals surface area (Å²) in [5, 5.41) is 12.0. The molecule has 0 radical (unpaired) electrons. The zero-order valence-electron chi connectivity index (χ0n) is 9.90. The Morgan fingerprint density at radius 2 is 2.22 bits per heavy atom. The molecular formula is C12H10BrN3S2. The van der Waals surface area contributed by atoms with Gasteiger partial charge in [-0.05, 0) is 46.8 Å². The van der Waals surface area contributed by atoms with E-state index in [1.165, 1.54) is 5.56 Å². The van der Waals surface area contributed by atoms with E-state index in [4.69, 9.17) is 5.26 Å². The van der Waals surface area contributed by atoms with Crippen LogP contribution in [-0.4, -0.2) is 9.97 Å². The van der Waals surface area contributed by atoms with E-state index in [0.717, 1.165) is 20.3 Å². The molecular weight excluding hydrogens is 330 g/mol. The highest BCUT2D eigenvalue weighted by Gasteiger charge is 2.10. The standard InChI is InChI=1S/C12H10BrN3S2/c1-7-10(4-14)12(16-8(2)15-7)18-6-9-3-11(13)17-5-9/h3,5H,6H2,1-2H3. The van der Waals surface area contributed by atoms with E-state index >= 15 is 0 Å². The molecule has 2 heterocycles. The number of thioether (sulfide) groups is 1. The maximum absolute atomic E-state index is 9.14. The van der Waals surface area contributed by atoms with E-state index in [1.54, 1.807) is 23.1 Å². The summed E-state index contributed by atoms with van der Waals surface area (Å²) in [6, 6.07) is 4.27. The van der Waals surface area contributed by atoms with E-state index in [-0.39, 0.29) is 0 Å². The molecule has 2 rings (SSSR count). The lowest BCUT2D eigenvalue weighted by Crippen LogP contribution is -1.98. The molecule has 0 aromatic carbocycles. The number of halogens is 1. The minimum absolute atomic E-state index is 0.583. The molecule has 0 aliphatic rings. The Labute approximate surface area is 122 Å². The predicted octanol–water partition coefficient (Wildman–Crippen LogP) is 4.08. The molecule has 0 spiro atoms. The fraction of sp³-hybridized carbons (Fsp3) is 0.250. The third-order valence-corrected chi connectivity index (χ3v) is 4.88. The van der Waals surface area contributed by atoms with Crippen molar-refractivity contribution in [2.45, 2.75) is 24.6 Å². The van der Waals surface area contributed by atoms with Gasteiger partial charge in [-0.2, -0.15) is 5.26 Å². The molecule has 0 amide bonds. The van der Waals surface area contributed by atoms with Gasteiger partial charge in [0.25, 0.3) is 0 Å². The number of thiophene rings is 1. The summed E-state index contributed by atoms with van der Waals surface area (Å²) in [5.41, 5.74) is 2.56. The van der Waals surface area contributed by atoms with Gasteiger partial charge in [-0.15, -0.1) is 23.1 Å². The highest BCUT2D eigenvalue weighted by molar-refractivity contribution is 9.11. The first-order chi connectivity index (χ1) is 8.60. The van der Waals surface area contributed by atoms with Crippen molar-refractivity contribution >= 4 is 39.0 Å². The Balaban J connectivity index is 2.21. The zero-order valence-corrected chi connectivity index (χ0v) is 13.1. The largest absolute Gasteiger partial charge is 0.237 e. The normalized spacial score (nSPS) is 10.3. The Hall–Kier alpha value is -0.900. The molecule has 0 fully saturated rings. The van der Waals surface area contributed by atoms with Crippen LogP contribution in [0.4, 0.5) is 0 Å². The van der Waals surface area contributed by atoms with E-state index in [2.05, 4.69) is 43.4 Å². The lowest BCUT2D eigenvalue weighted by molar-refractivity contribution is 0.923. The van der Waals surface area contributed by atoms with E-state index in [0.29, 0.717) is 11.4 Å². The van der Waals surface area contributed by atoms with E-state index < -0.39 is 0 Å². The minimum Gasteiger partial charge on any atom is -0.237 e. The van der Waals surface area contributed by atoms with Gasteiger partial charge in [0, 0.05) is 5.75 Å². The first-order valence-corrected chi connectivity index (χ1v) is 7.87. The van der Waals surface area contributed by atoms with Crippen molar-refractivity contribution in [1.82, 2.24) is 9.97 Å². The average molecular weight is 340 g/mol. The smallest absolute Gasteiger partial charge is 0.126 e. The Kier molecular flexibility index (Phi) is 4.38. The van der Waals surface area contributed by atoms with Crippen LogP contribution in [0.15, 0.2) is 20.3 Å². The molecule has 0 bridgehead atoms. The number of rotatable bonds is 3. The predicted molar refractivity (Wildman–Crippen MR) is 77.8 cm³/mol. The van der Waals surface area contributed by atoms with Crippen molar-refractivity contribution in [3.05, 3.63) is 37.9 Å².